The summed E-state index contributed by atoms with van der Waals surface area (Å²) >= 11 is 0. The number of rotatable bonds is 2. The van der Waals surface area contributed by atoms with Gasteiger partial charge < -0.3 is 5.11 Å². The van der Waals surface area contributed by atoms with E-state index in [1.807, 2.05) is 6.92 Å². The van der Waals surface area contributed by atoms with Crippen LogP contribution in [0, 0.1) is 5.92 Å². The van der Waals surface area contributed by atoms with Crippen LogP contribution < -0.4 is 0 Å². The molecular formula is C10H16O. The summed E-state index contributed by atoms with van der Waals surface area (Å²) in [5, 5.41) is 8.91. The average molecular weight is 152 g/mol. The molecule has 0 saturated carbocycles. The van der Waals surface area contributed by atoms with E-state index in [1.165, 1.54) is 18.4 Å². The maximum Gasteiger partial charge on any atom is 0.0494 e. The van der Waals surface area contributed by atoms with Gasteiger partial charge in [0, 0.05) is 12.5 Å². The highest BCUT2D eigenvalue weighted by Crippen LogP contribution is 2.22. The van der Waals surface area contributed by atoms with E-state index in [-0.39, 0.29) is 0 Å². The average Bonchev–Trinajstić information content (AvgIpc) is 2.06. The quantitative estimate of drug-likeness (QED) is 0.643. The molecule has 0 aromatic heterocycles. The third-order valence-electron chi connectivity index (χ3n) is 2.11. The zero-order chi connectivity index (χ0) is 8.10. The second kappa shape index (κ2) is 4.35. The molecule has 11 heavy (non-hydrogen) atoms. The lowest BCUT2D eigenvalue weighted by Crippen LogP contribution is -2.07. The second-order valence-electron chi connectivity index (χ2n) is 3.08. The highest BCUT2D eigenvalue weighted by molar-refractivity contribution is 5.21. The van der Waals surface area contributed by atoms with Crippen molar-refractivity contribution in [1.82, 2.24) is 0 Å². The van der Waals surface area contributed by atoms with E-state index >= 15 is 0 Å². The number of aliphatic hydroxyl groups is 1. The Hall–Kier alpha value is -0.560. The highest BCUT2D eigenvalue weighted by Gasteiger charge is 2.10. The van der Waals surface area contributed by atoms with Crippen LogP contribution in [0.25, 0.3) is 0 Å². The first-order valence-electron chi connectivity index (χ1n) is 4.31. The molecule has 0 saturated heterocycles. The highest BCUT2D eigenvalue weighted by atomic mass is 16.3. The molecule has 1 rings (SSSR count). The first-order valence-corrected chi connectivity index (χ1v) is 4.31. The lowest BCUT2D eigenvalue weighted by molar-refractivity contribution is 0.240. The molecule has 0 bridgehead atoms. The summed E-state index contributed by atoms with van der Waals surface area (Å²) in [4.78, 5) is 0. The predicted octanol–water partition coefficient (Wildman–Crippen LogP) is 2.28. The zero-order valence-electron chi connectivity index (χ0n) is 7.09. The van der Waals surface area contributed by atoms with Gasteiger partial charge in [0.2, 0.25) is 0 Å². The van der Waals surface area contributed by atoms with Gasteiger partial charge in [0.15, 0.2) is 0 Å². The Kier molecular flexibility index (Phi) is 3.37. The summed E-state index contributed by atoms with van der Waals surface area (Å²) in [6.07, 6.45) is 9.96. The second-order valence-corrected chi connectivity index (χ2v) is 3.08. The van der Waals surface area contributed by atoms with Crippen molar-refractivity contribution >= 4 is 0 Å². The predicted molar refractivity (Wildman–Crippen MR) is 47.3 cm³/mol. The van der Waals surface area contributed by atoms with Gasteiger partial charge >= 0.3 is 0 Å². The topological polar surface area (TPSA) is 20.2 Å². The Morgan fingerprint density at radius 3 is 3.18 bits per heavy atom. The standard InChI is InChI=1S/C10H16O/c1-2-4-9-5-3-6-10(7-9)8-11/h2,4,7,10-11H,3,5-6,8H2,1H3/b4-2+. The number of aliphatic hydroxyl groups excluding tert-OH is 1. The summed E-state index contributed by atoms with van der Waals surface area (Å²) in [5.74, 6) is 0.412. The van der Waals surface area contributed by atoms with Gasteiger partial charge in [-0.1, -0.05) is 23.8 Å². The van der Waals surface area contributed by atoms with E-state index in [0.717, 1.165) is 6.42 Å². The first-order chi connectivity index (χ1) is 5.36. The van der Waals surface area contributed by atoms with Crippen LogP contribution in [0.4, 0.5) is 0 Å². The van der Waals surface area contributed by atoms with E-state index in [0.29, 0.717) is 12.5 Å². The summed E-state index contributed by atoms with van der Waals surface area (Å²) in [7, 11) is 0. The lowest BCUT2D eigenvalue weighted by atomic mass is 9.91. The molecule has 0 aromatic rings. The Morgan fingerprint density at radius 2 is 2.55 bits per heavy atom. The van der Waals surface area contributed by atoms with E-state index in [1.54, 1.807) is 0 Å². The third kappa shape index (κ3) is 2.51. The van der Waals surface area contributed by atoms with Gasteiger partial charge in [0.25, 0.3) is 0 Å². The third-order valence-corrected chi connectivity index (χ3v) is 2.11. The minimum Gasteiger partial charge on any atom is -0.396 e. The summed E-state index contributed by atoms with van der Waals surface area (Å²) in [6, 6.07) is 0. The molecule has 0 radical (unpaired) electrons. The normalized spacial score (nSPS) is 25.6. The van der Waals surface area contributed by atoms with Crippen molar-refractivity contribution in [3.05, 3.63) is 23.8 Å². The van der Waals surface area contributed by atoms with Crippen LogP contribution in [0.2, 0.25) is 0 Å². The molecule has 1 atom stereocenters. The molecule has 62 valence electrons. The molecule has 1 aliphatic carbocycles. The van der Waals surface area contributed by atoms with Gasteiger partial charge in [0.05, 0.1) is 0 Å². The fourth-order valence-corrected chi connectivity index (χ4v) is 1.53. The van der Waals surface area contributed by atoms with E-state index < -0.39 is 0 Å². The van der Waals surface area contributed by atoms with Gasteiger partial charge in [-0.15, -0.1) is 0 Å². The monoisotopic (exact) mass is 152 g/mol. The number of hydrogen-bond donors (Lipinski definition) is 1. The SMILES string of the molecule is C/C=C/C1=CC(CO)CCC1. The first kappa shape index (κ1) is 8.54. The Morgan fingerprint density at radius 1 is 1.73 bits per heavy atom. The molecule has 0 aromatic carbocycles. The van der Waals surface area contributed by atoms with E-state index in [2.05, 4.69) is 18.2 Å². The van der Waals surface area contributed by atoms with Crippen LogP contribution in [0.3, 0.4) is 0 Å². The fourth-order valence-electron chi connectivity index (χ4n) is 1.53. The fraction of sp³-hybridized carbons (Fsp3) is 0.600. The number of allylic oxidation sites excluding steroid dienone is 3. The zero-order valence-corrected chi connectivity index (χ0v) is 7.09. The largest absolute Gasteiger partial charge is 0.396 e. The van der Waals surface area contributed by atoms with Gasteiger partial charge in [0.1, 0.15) is 0 Å². The Labute approximate surface area is 68.4 Å². The van der Waals surface area contributed by atoms with E-state index in [4.69, 9.17) is 5.11 Å². The molecule has 0 aliphatic heterocycles. The van der Waals surface area contributed by atoms with Crippen molar-refractivity contribution in [2.45, 2.75) is 26.2 Å². The maximum absolute atomic E-state index is 8.91. The molecule has 0 heterocycles. The summed E-state index contributed by atoms with van der Waals surface area (Å²) < 4.78 is 0. The molecule has 1 heteroatoms. The Bertz CT molecular complexity index is 168. The van der Waals surface area contributed by atoms with Gasteiger partial charge in [-0.2, -0.15) is 0 Å². The molecule has 1 nitrogen and oxygen atoms in total. The molecule has 0 fully saturated rings. The van der Waals surface area contributed by atoms with E-state index in [9.17, 15) is 0 Å². The number of hydrogen-bond acceptors (Lipinski definition) is 1. The molecular weight excluding hydrogens is 136 g/mol. The lowest BCUT2D eigenvalue weighted by Gasteiger charge is -2.16. The maximum atomic E-state index is 8.91. The molecule has 0 spiro atoms. The molecule has 1 aliphatic rings. The minimum atomic E-state index is 0.307. The van der Waals surface area contributed by atoms with Crippen LogP contribution in [-0.4, -0.2) is 11.7 Å². The summed E-state index contributed by atoms with van der Waals surface area (Å²) in [5.41, 5.74) is 1.39. The van der Waals surface area contributed by atoms with Gasteiger partial charge in [-0.05, 0) is 26.2 Å². The van der Waals surface area contributed by atoms with Crippen molar-refractivity contribution in [2.24, 2.45) is 5.92 Å². The van der Waals surface area contributed by atoms with Gasteiger partial charge in [-0.25, -0.2) is 0 Å². The van der Waals surface area contributed by atoms with Gasteiger partial charge in [-0.3, -0.25) is 0 Å². The van der Waals surface area contributed by atoms with Crippen LogP contribution in [0.15, 0.2) is 23.8 Å². The van der Waals surface area contributed by atoms with Crippen molar-refractivity contribution in [3.63, 3.8) is 0 Å². The molecule has 0 amide bonds. The molecule has 1 N–H and O–H groups in total. The van der Waals surface area contributed by atoms with Crippen LogP contribution in [0.1, 0.15) is 26.2 Å². The van der Waals surface area contributed by atoms with Crippen molar-refractivity contribution < 1.29 is 5.11 Å². The van der Waals surface area contributed by atoms with Crippen LogP contribution in [0.5, 0.6) is 0 Å². The van der Waals surface area contributed by atoms with Crippen LogP contribution in [-0.2, 0) is 0 Å². The summed E-state index contributed by atoms with van der Waals surface area (Å²) in [6.45, 7) is 2.34. The van der Waals surface area contributed by atoms with Crippen molar-refractivity contribution in [3.8, 4) is 0 Å². The van der Waals surface area contributed by atoms with Crippen molar-refractivity contribution in [2.75, 3.05) is 6.61 Å². The van der Waals surface area contributed by atoms with Crippen LogP contribution >= 0.6 is 0 Å². The molecule has 1 unspecified atom stereocenters. The Balaban J connectivity index is 2.56. The smallest absolute Gasteiger partial charge is 0.0494 e. The minimum absolute atomic E-state index is 0.307. The van der Waals surface area contributed by atoms with Crippen molar-refractivity contribution in [1.29, 1.82) is 0 Å².